The zero-order valence-corrected chi connectivity index (χ0v) is 8.78. The lowest BCUT2D eigenvalue weighted by Gasteiger charge is -2.37. The van der Waals surface area contributed by atoms with Crippen molar-refractivity contribution in [3.05, 3.63) is 0 Å². The SMILES string of the molecule is C[C@@H]1N2C(=O)CC2S[C@@]1(C)CCl. The van der Waals surface area contributed by atoms with Crippen molar-refractivity contribution in [3.63, 3.8) is 0 Å². The number of β-lactam (4-membered cyclic amide) rings is 1. The standard InChI is InChI=1S/C8H12ClNOS/c1-5-8(2,4-9)12-7-3-6(11)10(5)7/h5,7H,3-4H2,1-2H3/t5-,7?,8-/m0/s1. The second-order valence-corrected chi connectivity index (χ2v) is 5.68. The van der Waals surface area contributed by atoms with E-state index >= 15 is 0 Å². The third kappa shape index (κ3) is 0.925. The molecule has 2 heterocycles. The number of carbonyl (C=O) groups excluding carboxylic acids is 1. The van der Waals surface area contributed by atoms with Gasteiger partial charge in [0.1, 0.15) is 0 Å². The molecule has 4 heteroatoms. The Labute approximate surface area is 81.6 Å². The van der Waals surface area contributed by atoms with Crippen LogP contribution in [0.1, 0.15) is 20.3 Å². The molecular formula is C8H12ClNOS. The fourth-order valence-electron chi connectivity index (χ4n) is 1.81. The van der Waals surface area contributed by atoms with Crippen LogP contribution in [-0.4, -0.2) is 32.8 Å². The normalized spacial score (nSPS) is 45.9. The molecule has 0 aliphatic carbocycles. The van der Waals surface area contributed by atoms with E-state index in [4.69, 9.17) is 11.6 Å². The minimum Gasteiger partial charge on any atom is -0.326 e. The molecule has 68 valence electrons. The molecule has 0 N–H and O–H groups in total. The maximum Gasteiger partial charge on any atom is 0.226 e. The zero-order chi connectivity index (χ0) is 8.93. The molecular weight excluding hydrogens is 194 g/mol. The summed E-state index contributed by atoms with van der Waals surface area (Å²) in [6, 6.07) is 0.297. The summed E-state index contributed by atoms with van der Waals surface area (Å²) in [6.45, 7) is 4.23. The van der Waals surface area contributed by atoms with Gasteiger partial charge in [0.25, 0.3) is 0 Å². The van der Waals surface area contributed by atoms with Crippen molar-refractivity contribution in [1.82, 2.24) is 4.90 Å². The van der Waals surface area contributed by atoms with Crippen LogP contribution in [0.5, 0.6) is 0 Å². The van der Waals surface area contributed by atoms with Crippen LogP contribution < -0.4 is 0 Å². The van der Waals surface area contributed by atoms with Gasteiger partial charge in [0.05, 0.1) is 11.8 Å². The maximum atomic E-state index is 11.2. The lowest BCUT2D eigenvalue weighted by molar-refractivity contribution is -0.143. The summed E-state index contributed by atoms with van der Waals surface area (Å²) < 4.78 is 0.0678. The topological polar surface area (TPSA) is 20.3 Å². The number of alkyl halides is 1. The van der Waals surface area contributed by atoms with Gasteiger partial charge in [-0.25, -0.2) is 0 Å². The molecule has 3 atom stereocenters. The van der Waals surface area contributed by atoms with Crippen molar-refractivity contribution in [1.29, 1.82) is 0 Å². The van der Waals surface area contributed by atoms with Gasteiger partial charge in [0.2, 0.25) is 5.91 Å². The van der Waals surface area contributed by atoms with E-state index in [1.54, 1.807) is 0 Å². The first-order valence-corrected chi connectivity index (χ1v) is 5.55. The molecule has 0 aromatic carbocycles. The van der Waals surface area contributed by atoms with Gasteiger partial charge in [-0.3, -0.25) is 4.79 Å². The molecule has 12 heavy (non-hydrogen) atoms. The van der Waals surface area contributed by atoms with Gasteiger partial charge in [-0.15, -0.1) is 23.4 Å². The lowest BCUT2D eigenvalue weighted by Crippen LogP contribution is -2.53. The number of halogens is 1. The van der Waals surface area contributed by atoms with Crippen LogP contribution in [-0.2, 0) is 4.79 Å². The molecule has 2 aliphatic rings. The molecule has 2 saturated heterocycles. The first kappa shape index (κ1) is 8.70. The van der Waals surface area contributed by atoms with E-state index in [1.165, 1.54) is 0 Å². The van der Waals surface area contributed by atoms with Crippen LogP contribution >= 0.6 is 23.4 Å². The fourth-order valence-corrected chi connectivity index (χ4v) is 3.86. The highest BCUT2D eigenvalue weighted by molar-refractivity contribution is 8.01. The second-order valence-electron chi connectivity index (χ2n) is 3.70. The highest BCUT2D eigenvalue weighted by Gasteiger charge is 2.55. The summed E-state index contributed by atoms with van der Waals surface area (Å²) in [5.41, 5.74) is 0. The predicted octanol–water partition coefficient (Wildman–Crippen LogP) is 1.68. The van der Waals surface area contributed by atoms with Crippen molar-refractivity contribution >= 4 is 29.3 Å². The Hall–Kier alpha value is 0.110. The molecule has 1 amide bonds. The Bertz CT molecular complexity index is 235. The van der Waals surface area contributed by atoms with E-state index in [9.17, 15) is 4.79 Å². The average Bonchev–Trinajstić information content (AvgIpc) is 2.21. The smallest absolute Gasteiger partial charge is 0.226 e. The van der Waals surface area contributed by atoms with Crippen LogP contribution in [0.2, 0.25) is 0 Å². The number of fused-ring (bicyclic) bond motifs is 1. The van der Waals surface area contributed by atoms with Gasteiger partial charge in [0, 0.05) is 16.7 Å². The molecule has 2 rings (SSSR count). The number of rotatable bonds is 1. The Morgan fingerprint density at radius 2 is 2.50 bits per heavy atom. The van der Waals surface area contributed by atoms with Crippen molar-refractivity contribution < 1.29 is 4.79 Å². The van der Waals surface area contributed by atoms with Gasteiger partial charge in [-0.2, -0.15) is 0 Å². The first-order valence-electron chi connectivity index (χ1n) is 4.13. The average molecular weight is 206 g/mol. The van der Waals surface area contributed by atoms with Crippen molar-refractivity contribution in [2.75, 3.05) is 5.88 Å². The minimum absolute atomic E-state index is 0.0678. The van der Waals surface area contributed by atoms with Crippen molar-refractivity contribution in [2.45, 2.75) is 36.4 Å². The first-order chi connectivity index (χ1) is 5.58. The van der Waals surface area contributed by atoms with E-state index in [0.717, 1.165) is 0 Å². The summed E-state index contributed by atoms with van der Waals surface area (Å²) in [6.07, 6.45) is 0.710. The molecule has 0 saturated carbocycles. The summed E-state index contributed by atoms with van der Waals surface area (Å²) in [4.78, 5) is 13.2. The number of thioether (sulfide) groups is 1. The van der Waals surface area contributed by atoms with Crippen LogP contribution in [0.25, 0.3) is 0 Å². The molecule has 0 spiro atoms. The van der Waals surface area contributed by atoms with Crippen molar-refractivity contribution in [3.8, 4) is 0 Å². The summed E-state index contributed by atoms with van der Waals surface area (Å²) >= 11 is 7.74. The lowest BCUT2D eigenvalue weighted by atomic mass is 10.0. The Morgan fingerprint density at radius 1 is 1.83 bits per heavy atom. The number of hydrogen-bond acceptors (Lipinski definition) is 2. The van der Waals surface area contributed by atoms with Gasteiger partial charge in [0.15, 0.2) is 0 Å². The van der Waals surface area contributed by atoms with E-state index in [1.807, 2.05) is 16.7 Å². The molecule has 1 unspecified atom stereocenters. The van der Waals surface area contributed by atoms with Crippen LogP contribution in [0, 0.1) is 0 Å². The second kappa shape index (κ2) is 2.55. The fraction of sp³-hybridized carbons (Fsp3) is 0.875. The highest BCUT2D eigenvalue weighted by atomic mass is 35.5. The molecule has 2 fully saturated rings. The largest absolute Gasteiger partial charge is 0.326 e. The number of hydrogen-bond donors (Lipinski definition) is 0. The van der Waals surface area contributed by atoms with Crippen LogP contribution in [0.4, 0.5) is 0 Å². The molecule has 2 aliphatic heterocycles. The van der Waals surface area contributed by atoms with Crippen LogP contribution in [0.3, 0.4) is 0 Å². The van der Waals surface area contributed by atoms with E-state index in [-0.39, 0.29) is 10.7 Å². The van der Waals surface area contributed by atoms with E-state index < -0.39 is 0 Å². The molecule has 0 bridgehead atoms. The summed E-state index contributed by atoms with van der Waals surface area (Å²) in [5, 5.41) is 0.413. The molecule has 0 radical (unpaired) electrons. The maximum absolute atomic E-state index is 11.2. The molecule has 0 aromatic rings. The minimum atomic E-state index is 0.0678. The van der Waals surface area contributed by atoms with E-state index in [0.29, 0.717) is 23.7 Å². The number of carbonyl (C=O) groups is 1. The number of nitrogens with zero attached hydrogens (tertiary/aromatic N) is 1. The zero-order valence-electron chi connectivity index (χ0n) is 7.21. The third-order valence-corrected chi connectivity index (χ3v) is 5.32. The highest BCUT2D eigenvalue weighted by Crippen LogP contribution is 2.50. The molecule has 0 aromatic heterocycles. The van der Waals surface area contributed by atoms with E-state index in [2.05, 4.69) is 13.8 Å². The monoisotopic (exact) mass is 205 g/mol. The summed E-state index contributed by atoms with van der Waals surface area (Å²) in [5.74, 6) is 0.910. The Kier molecular flexibility index (Phi) is 1.85. The Morgan fingerprint density at radius 3 is 2.92 bits per heavy atom. The van der Waals surface area contributed by atoms with Gasteiger partial charge in [-0.1, -0.05) is 0 Å². The summed E-state index contributed by atoms with van der Waals surface area (Å²) in [7, 11) is 0. The Balaban J connectivity index is 2.20. The quantitative estimate of drug-likeness (QED) is 0.480. The number of amides is 1. The van der Waals surface area contributed by atoms with Crippen LogP contribution in [0.15, 0.2) is 0 Å². The van der Waals surface area contributed by atoms with Gasteiger partial charge >= 0.3 is 0 Å². The molecule has 2 nitrogen and oxygen atoms in total. The van der Waals surface area contributed by atoms with Gasteiger partial charge in [-0.05, 0) is 13.8 Å². The van der Waals surface area contributed by atoms with Gasteiger partial charge < -0.3 is 4.90 Å². The van der Waals surface area contributed by atoms with Crippen molar-refractivity contribution in [2.24, 2.45) is 0 Å². The predicted molar refractivity (Wildman–Crippen MR) is 51.4 cm³/mol. The third-order valence-electron chi connectivity index (χ3n) is 2.92.